The SMILES string of the molecule is C#Cc1cccc([C@H](C)n2cccn2)c1. The lowest BCUT2D eigenvalue weighted by atomic mass is 10.1. The summed E-state index contributed by atoms with van der Waals surface area (Å²) in [5, 5.41) is 4.21. The average Bonchev–Trinajstić information content (AvgIpc) is 2.81. The highest BCUT2D eigenvalue weighted by atomic mass is 15.3. The van der Waals surface area contributed by atoms with Gasteiger partial charge in [-0.2, -0.15) is 5.10 Å². The number of nitrogens with zero attached hydrogens (tertiary/aromatic N) is 2. The van der Waals surface area contributed by atoms with Crippen molar-refractivity contribution in [1.29, 1.82) is 0 Å². The molecule has 1 aromatic heterocycles. The smallest absolute Gasteiger partial charge is 0.0740 e. The van der Waals surface area contributed by atoms with Gasteiger partial charge in [-0.1, -0.05) is 18.1 Å². The fourth-order valence-corrected chi connectivity index (χ4v) is 1.55. The number of terminal acetylenes is 1. The molecule has 1 aromatic carbocycles. The van der Waals surface area contributed by atoms with Crippen LogP contribution in [-0.4, -0.2) is 9.78 Å². The third-order valence-corrected chi connectivity index (χ3v) is 2.46. The molecule has 1 atom stereocenters. The first-order valence-corrected chi connectivity index (χ1v) is 4.87. The van der Waals surface area contributed by atoms with Crippen molar-refractivity contribution in [2.75, 3.05) is 0 Å². The topological polar surface area (TPSA) is 17.8 Å². The van der Waals surface area contributed by atoms with Crippen LogP contribution in [0.1, 0.15) is 24.1 Å². The van der Waals surface area contributed by atoms with Crippen molar-refractivity contribution in [3.05, 3.63) is 53.9 Å². The summed E-state index contributed by atoms with van der Waals surface area (Å²) < 4.78 is 1.91. The molecule has 0 fully saturated rings. The van der Waals surface area contributed by atoms with Crippen LogP contribution in [-0.2, 0) is 0 Å². The zero-order valence-corrected chi connectivity index (χ0v) is 8.59. The summed E-state index contributed by atoms with van der Waals surface area (Å²) in [6.07, 6.45) is 9.10. The summed E-state index contributed by atoms with van der Waals surface area (Å²) in [6.45, 7) is 2.10. The van der Waals surface area contributed by atoms with Crippen LogP contribution >= 0.6 is 0 Å². The van der Waals surface area contributed by atoms with Crippen molar-refractivity contribution in [2.45, 2.75) is 13.0 Å². The molecule has 0 aliphatic carbocycles. The third-order valence-electron chi connectivity index (χ3n) is 2.46. The minimum Gasteiger partial charge on any atom is -0.266 e. The van der Waals surface area contributed by atoms with Crippen molar-refractivity contribution in [1.82, 2.24) is 9.78 Å². The maximum Gasteiger partial charge on any atom is 0.0740 e. The number of benzene rings is 1. The average molecular weight is 196 g/mol. The molecule has 0 amide bonds. The Hall–Kier alpha value is -2.01. The van der Waals surface area contributed by atoms with Crippen LogP contribution < -0.4 is 0 Å². The van der Waals surface area contributed by atoms with E-state index in [9.17, 15) is 0 Å². The molecule has 0 unspecified atom stereocenters. The summed E-state index contributed by atoms with van der Waals surface area (Å²) in [5.74, 6) is 2.64. The van der Waals surface area contributed by atoms with Gasteiger partial charge in [0.1, 0.15) is 0 Å². The number of hydrogen-bond acceptors (Lipinski definition) is 1. The minimum absolute atomic E-state index is 0.216. The van der Waals surface area contributed by atoms with E-state index in [-0.39, 0.29) is 6.04 Å². The van der Waals surface area contributed by atoms with E-state index in [4.69, 9.17) is 6.42 Å². The van der Waals surface area contributed by atoms with Crippen LogP contribution in [0.5, 0.6) is 0 Å². The lowest BCUT2D eigenvalue weighted by Crippen LogP contribution is -2.07. The summed E-state index contributed by atoms with van der Waals surface area (Å²) in [7, 11) is 0. The molecule has 0 bridgehead atoms. The van der Waals surface area contributed by atoms with E-state index in [2.05, 4.69) is 24.0 Å². The van der Waals surface area contributed by atoms with Gasteiger partial charge in [0.15, 0.2) is 0 Å². The summed E-state index contributed by atoms with van der Waals surface area (Å²) in [6, 6.07) is 10.1. The van der Waals surface area contributed by atoms with Gasteiger partial charge in [0.05, 0.1) is 6.04 Å². The van der Waals surface area contributed by atoms with Gasteiger partial charge in [-0.25, -0.2) is 0 Å². The van der Waals surface area contributed by atoms with E-state index in [1.54, 1.807) is 6.20 Å². The molecule has 1 heterocycles. The summed E-state index contributed by atoms with van der Waals surface area (Å²) in [5.41, 5.74) is 2.08. The molecule has 0 saturated heterocycles. The van der Waals surface area contributed by atoms with E-state index in [1.165, 1.54) is 5.56 Å². The lowest BCUT2D eigenvalue weighted by Gasteiger charge is -2.12. The molecule has 0 spiro atoms. The Morgan fingerprint density at radius 1 is 1.40 bits per heavy atom. The summed E-state index contributed by atoms with van der Waals surface area (Å²) in [4.78, 5) is 0. The van der Waals surface area contributed by atoms with Gasteiger partial charge < -0.3 is 0 Å². The fourth-order valence-electron chi connectivity index (χ4n) is 1.55. The van der Waals surface area contributed by atoms with E-state index in [0.29, 0.717) is 0 Å². The first-order valence-electron chi connectivity index (χ1n) is 4.87. The second kappa shape index (κ2) is 4.02. The molecule has 0 N–H and O–H groups in total. The molecule has 0 aliphatic rings. The zero-order valence-electron chi connectivity index (χ0n) is 8.59. The highest BCUT2D eigenvalue weighted by Gasteiger charge is 2.07. The van der Waals surface area contributed by atoms with Crippen LogP contribution in [0.15, 0.2) is 42.7 Å². The number of hydrogen-bond donors (Lipinski definition) is 0. The molecule has 15 heavy (non-hydrogen) atoms. The molecule has 0 saturated carbocycles. The fraction of sp³-hybridized carbons (Fsp3) is 0.154. The van der Waals surface area contributed by atoms with Gasteiger partial charge in [0.2, 0.25) is 0 Å². The largest absolute Gasteiger partial charge is 0.266 e. The molecular formula is C13H12N2. The Morgan fingerprint density at radius 3 is 2.93 bits per heavy atom. The monoisotopic (exact) mass is 196 g/mol. The number of aromatic nitrogens is 2. The van der Waals surface area contributed by atoms with Gasteiger partial charge in [-0.15, -0.1) is 6.42 Å². The van der Waals surface area contributed by atoms with Crippen LogP contribution in [0.3, 0.4) is 0 Å². The summed E-state index contributed by atoms with van der Waals surface area (Å²) >= 11 is 0. The molecule has 0 aliphatic heterocycles. The van der Waals surface area contributed by atoms with Crippen molar-refractivity contribution in [3.8, 4) is 12.3 Å². The van der Waals surface area contributed by atoms with Crippen LogP contribution in [0.25, 0.3) is 0 Å². The van der Waals surface area contributed by atoms with Gasteiger partial charge >= 0.3 is 0 Å². The van der Waals surface area contributed by atoms with Gasteiger partial charge in [0.25, 0.3) is 0 Å². The van der Waals surface area contributed by atoms with Crippen LogP contribution in [0, 0.1) is 12.3 Å². The van der Waals surface area contributed by atoms with Gasteiger partial charge in [-0.05, 0) is 30.7 Å². The van der Waals surface area contributed by atoms with E-state index in [1.807, 2.05) is 35.1 Å². The Bertz CT molecular complexity index is 477. The first kappa shape index (κ1) is 9.54. The molecule has 0 radical (unpaired) electrons. The Morgan fingerprint density at radius 2 is 2.27 bits per heavy atom. The number of rotatable bonds is 2. The Labute approximate surface area is 89.6 Å². The van der Waals surface area contributed by atoms with Crippen LogP contribution in [0.4, 0.5) is 0 Å². The lowest BCUT2D eigenvalue weighted by molar-refractivity contribution is 0.564. The third kappa shape index (κ3) is 1.92. The highest BCUT2D eigenvalue weighted by molar-refractivity contribution is 5.36. The van der Waals surface area contributed by atoms with E-state index >= 15 is 0 Å². The van der Waals surface area contributed by atoms with Gasteiger partial charge in [-0.3, -0.25) is 4.68 Å². The van der Waals surface area contributed by atoms with Crippen molar-refractivity contribution < 1.29 is 0 Å². The maximum atomic E-state index is 5.37. The Kier molecular flexibility index (Phi) is 2.55. The Balaban J connectivity index is 2.34. The molecular weight excluding hydrogens is 184 g/mol. The predicted octanol–water partition coefficient (Wildman–Crippen LogP) is 2.47. The highest BCUT2D eigenvalue weighted by Crippen LogP contribution is 2.17. The molecule has 74 valence electrons. The minimum atomic E-state index is 0.216. The predicted molar refractivity (Wildman–Crippen MR) is 60.4 cm³/mol. The van der Waals surface area contributed by atoms with E-state index in [0.717, 1.165) is 5.56 Å². The van der Waals surface area contributed by atoms with Crippen LogP contribution in [0.2, 0.25) is 0 Å². The first-order chi connectivity index (χ1) is 7.31. The quantitative estimate of drug-likeness (QED) is 0.675. The standard InChI is InChI=1S/C13H12N2/c1-3-12-6-4-7-13(10-12)11(2)15-9-5-8-14-15/h1,4-11H,2H3/t11-/m0/s1. The molecule has 2 rings (SSSR count). The van der Waals surface area contributed by atoms with Crippen molar-refractivity contribution in [3.63, 3.8) is 0 Å². The van der Waals surface area contributed by atoms with Gasteiger partial charge in [0, 0.05) is 18.0 Å². The molecule has 2 aromatic rings. The molecule has 2 nitrogen and oxygen atoms in total. The second-order valence-corrected chi connectivity index (χ2v) is 3.43. The molecule has 2 heteroatoms. The van der Waals surface area contributed by atoms with Crippen molar-refractivity contribution in [2.24, 2.45) is 0 Å². The zero-order chi connectivity index (χ0) is 10.7. The normalized spacial score (nSPS) is 12.0. The maximum absolute atomic E-state index is 5.37. The van der Waals surface area contributed by atoms with E-state index < -0.39 is 0 Å². The second-order valence-electron chi connectivity index (χ2n) is 3.43. The van der Waals surface area contributed by atoms with Crippen molar-refractivity contribution >= 4 is 0 Å².